The van der Waals surface area contributed by atoms with E-state index in [2.05, 4.69) is 9.36 Å². The van der Waals surface area contributed by atoms with Gasteiger partial charge in [0, 0.05) is 12.2 Å². The third kappa shape index (κ3) is 2.68. The topological polar surface area (TPSA) is 57.0 Å². The zero-order chi connectivity index (χ0) is 15.8. The highest BCUT2D eigenvalue weighted by atomic mass is 32.1. The van der Waals surface area contributed by atoms with Crippen LogP contribution in [0.25, 0.3) is 21.5 Å². The molecule has 2 aromatic heterocycles. The Morgan fingerprint density at radius 3 is 2.91 bits per heavy atom. The molecule has 3 heterocycles. The van der Waals surface area contributed by atoms with Gasteiger partial charge in [-0.25, -0.2) is 4.98 Å². The number of aromatic nitrogens is 3. The Hall–Kier alpha value is -2.05. The van der Waals surface area contributed by atoms with Crippen molar-refractivity contribution >= 4 is 21.7 Å². The maximum atomic E-state index is 12.7. The molecule has 0 aliphatic carbocycles. The lowest BCUT2D eigenvalue weighted by Gasteiger charge is -2.10. The molecule has 1 aliphatic rings. The van der Waals surface area contributed by atoms with Crippen molar-refractivity contribution in [3.05, 3.63) is 46.5 Å². The van der Waals surface area contributed by atoms with Crippen molar-refractivity contribution in [3.63, 3.8) is 0 Å². The van der Waals surface area contributed by atoms with E-state index in [1.807, 2.05) is 31.2 Å². The van der Waals surface area contributed by atoms with Gasteiger partial charge in [0.1, 0.15) is 15.9 Å². The van der Waals surface area contributed by atoms with Gasteiger partial charge in [-0.1, -0.05) is 29.8 Å². The van der Waals surface area contributed by atoms with Gasteiger partial charge in [0.05, 0.1) is 19.0 Å². The van der Waals surface area contributed by atoms with E-state index in [1.165, 1.54) is 17.1 Å². The second-order valence-electron chi connectivity index (χ2n) is 5.91. The van der Waals surface area contributed by atoms with E-state index in [4.69, 9.17) is 4.74 Å². The molecule has 0 bridgehead atoms. The summed E-state index contributed by atoms with van der Waals surface area (Å²) >= 11 is 1.23. The molecule has 118 valence electrons. The first-order valence-electron chi connectivity index (χ1n) is 7.76. The van der Waals surface area contributed by atoms with Crippen LogP contribution in [0.1, 0.15) is 18.4 Å². The van der Waals surface area contributed by atoms with E-state index in [0.29, 0.717) is 16.8 Å². The third-order valence-corrected chi connectivity index (χ3v) is 5.02. The van der Waals surface area contributed by atoms with E-state index in [1.54, 1.807) is 10.9 Å². The van der Waals surface area contributed by atoms with Gasteiger partial charge >= 0.3 is 0 Å². The molecule has 1 unspecified atom stereocenters. The summed E-state index contributed by atoms with van der Waals surface area (Å²) in [7, 11) is 0. The van der Waals surface area contributed by atoms with Gasteiger partial charge in [-0.15, -0.1) is 0 Å². The largest absolute Gasteiger partial charge is 0.376 e. The molecule has 0 N–H and O–H groups in total. The van der Waals surface area contributed by atoms with Crippen LogP contribution in [0.15, 0.2) is 35.4 Å². The number of benzene rings is 1. The quantitative estimate of drug-likeness (QED) is 0.742. The Bertz CT molecular complexity index is 892. The van der Waals surface area contributed by atoms with E-state index >= 15 is 0 Å². The molecule has 1 saturated heterocycles. The number of ether oxygens (including phenoxy) is 1. The van der Waals surface area contributed by atoms with Gasteiger partial charge in [0.15, 0.2) is 0 Å². The molecule has 23 heavy (non-hydrogen) atoms. The van der Waals surface area contributed by atoms with Crippen molar-refractivity contribution < 1.29 is 4.74 Å². The highest BCUT2D eigenvalue weighted by Crippen LogP contribution is 2.27. The molecule has 6 heteroatoms. The van der Waals surface area contributed by atoms with Crippen molar-refractivity contribution in [2.45, 2.75) is 32.4 Å². The van der Waals surface area contributed by atoms with Gasteiger partial charge in [-0.2, -0.15) is 4.37 Å². The van der Waals surface area contributed by atoms with Crippen molar-refractivity contribution in [3.8, 4) is 11.3 Å². The van der Waals surface area contributed by atoms with Crippen LogP contribution in [-0.2, 0) is 11.3 Å². The van der Waals surface area contributed by atoms with Crippen LogP contribution in [0.4, 0.5) is 0 Å². The molecule has 0 spiro atoms. The van der Waals surface area contributed by atoms with E-state index in [0.717, 1.165) is 30.7 Å². The fourth-order valence-electron chi connectivity index (χ4n) is 2.89. The predicted octanol–water partition coefficient (Wildman–Crippen LogP) is 3.01. The molecule has 0 radical (unpaired) electrons. The van der Waals surface area contributed by atoms with Gasteiger partial charge in [-0.05, 0) is 31.3 Å². The minimum Gasteiger partial charge on any atom is -0.376 e. The van der Waals surface area contributed by atoms with Crippen LogP contribution in [0, 0.1) is 6.92 Å². The molecule has 1 aliphatic heterocycles. The number of hydrogen-bond acceptors (Lipinski definition) is 5. The molecule has 1 aromatic carbocycles. The summed E-state index contributed by atoms with van der Waals surface area (Å²) in [5.74, 6) is 0. The van der Waals surface area contributed by atoms with Crippen LogP contribution in [-0.4, -0.2) is 26.6 Å². The third-order valence-electron chi connectivity index (χ3n) is 4.20. The molecule has 3 aromatic rings. The Kier molecular flexibility index (Phi) is 3.71. The Labute approximate surface area is 137 Å². The van der Waals surface area contributed by atoms with Gasteiger partial charge < -0.3 is 4.74 Å². The van der Waals surface area contributed by atoms with Crippen molar-refractivity contribution in [2.75, 3.05) is 6.61 Å². The first-order chi connectivity index (χ1) is 11.2. The average molecular weight is 327 g/mol. The molecular weight excluding hydrogens is 310 g/mol. The van der Waals surface area contributed by atoms with E-state index in [9.17, 15) is 4.79 Å². The summed E-state index contributed by atoms with van der Waals surface area (Å²) in [5.41, 5.74) is 3.63. The number of aryl methyl sites for hydroxylation is 1. The van der Waals surface area contributed by atoms with Gasteiger partial charge in [-0.3, -0.25) is 9.36 Å². The molecule has 5 nitrogen and oxygen atoms in total. The Morgan fingerprint density at radius 2 is 2.17 bits per heavy atom. The SMILES string of the molecule is Cc1ccc(-c2nsc3c(=O)n(CC4CCCO4)cnc23)cc1. The Balaban J connectivity index is 1.74. The Morgan fingerprint density at radius 1 is 1.35 bits per heavy atom. The molecule has 0 saturated carbocycles. The molecular formula is C17H17N3O2S. The molecule has 0 amide bonds. The second kappa shape index (κ2) is 5.86. The summed E-state index contributed by atoms with van der Waals surface area (Å²) in [6.45, 7) is 3.40. The average Bonchev–Trinajstić information content (AvgIpc) is 3.21. The van der Waals surface area contributed by atoms with E-state index in [-0.39, 0.29) is 11.7 Å². The normalized spacial score (nSPS) is 17.9. The van der Waals surface area contributed by atoms with Crippen molar-refractivity contribution in [1.29, 1.82) is 0 Å². The molecule has 1 atom stereocenters. The zero-order valence-electron chi connectivity index (χ0n) is 12.9. The predicted molar refractivity (Wildman–Crippen MR) is 90.8 cm³/mol. The van der Waals surface area contributed by atoms with Crippen LogP contribution in [0.5, 0.6) is 0 Å². The first-order valence-corrected chi connectivity index (χ1v) is 8.53. The monoisotopic (exact) mass is 327 g/mol. The fourth-order valence-corrected chi connectivity index (χ4v) is 3.70. The summed E-state index contributed by atoms with van der Waals surface area (Å²) < 4.78 is 12.3. The van der Waals surface area contributed by atoms with Gasteiger partial charge in [0.2, 0.25) is 0 Å². The number of hydrogen-bond donors (Lipinski definition) is 0. The number of rotatable bonds is 3. The minimum absolute atomic E-state index is 0.0265. The van der Waals surface area contributed by atoms with Crippen LogP contribution in [0.3, 0.4) is 0 Å². The van der Waals surface area contributed by atoms with Gasteiger partial charge in [0.25, 0.3) is 5.56 Å². The number of fused-ring (bicyclic) bond motifs is 1. The van der Waals surface area contributed by atoms with Crippen LogP contribution < -0.4 is 5.56 Å². The fraction of sp³-hybridized carbons (Fsp3) is 0.353. The van der Waals surface area contributed by atoms with Crippen molar-refractivity contribution in [2.24, 2.45) is 0 Å². The highest BCUT2D eigenvalue weighted by Gasteiger charge is 2.19. The lowest BCUT2D eigenvalue weighted by molar-refractivity contribution is 0.0960. The molecule has 4 rings (SSSR count). The van der Waals surface area contributed by atoms with Crippen LogP contribution in [0.2, 0.25) is 0 Å². The van der Waals surface area contributed by atoms with E-state index < -0.39 is 0 Å². The zero-order valence-corrected chi connectivity index (χ0v) is 13.7. The summed E-state index contributed by atoms with van der Waals surface area (Å²) in [4.78, 5) is 17.2. The highest BCUT2D eigenvalue weighted by molar-refractivity contribution is 7.13. The van der Waals surface area contributed by atoms with Crippen molar-refractivity contribution in [1.82, 2.24) is 13.9 Å². The summed E-state index contributed by atoms with van der Waals surface area (Å²) in [6, 6.07) is 8.12. The lowest BCUT2D eigenvalue weighted by atomic mass is 10.1. The summed E-state index contributed by atoms with van der Waals surface area (Å²) in [5, 5.41) is 0. The second-order valence-corrected chi connectivity index (χ2v) is 6.69. The standard InChI is InChI=1S/C17H17N3O2S/c1-11-4-6-12(7-5-11)14-15-16(23-19-14)17(21)20(10-18-15)9-13-3-2-8-22-13/h4-7,10,13H,2-3,8-9H2,1H3. The first kappa shape index (κ1) is 14.5. The number of nitrogens with zero attached hydrogens (tertiary/aromatic N) is 3. The maximum absolute atomic E-state index is 12.7. The maximum Gasteiger partial charge on any atom is 0.273 e. The lowest BCUT2D eigenvalue weighted by Crippen LogP contribution is -2.26. The smallest absolute Gasteiger partial charge is 0.273 e. The van der Waals surface area contributed by atoms with Crippen LogP contribution >= 0.6 is 11.5 Å². The minimum atomic E-state index is -0.0265. The summed E-state index contributed by atoms with van der Waals surface area (Å²) in [6.07, 6.45) is 3.81. The molecule has 1 fully saturated rings.